The summed E-state index contributed by atoms with van der Waals surface area (Å²) in [5.41, 5.74) is 6.60. The fourth-order valence-corrected chi connectivity index (χ4v) is 5.91. The van der Waals surface area contributed by atoms with Crippen molar-refractivity contribution in [3.05, 3.63) is 100 Å². The number of hydrogen-bond donors (Lipinski definition) is 2. The number of aromatic nitrogens is 2. The Labute approximate surface area is 262 Å². The van der Waals surface area contributed by atoms with E-state index in [1.807, 2.05) is 66.7 Å². The highest BCUT2D eigenvalue weighted by Crippen LogP contribution is 2.31. The van der Waals surface area contributed by atoms with Crippen LogP contribution in [0.25, 0.3) is 28.1 Å². The largest absolute Gasteiger partial charge is 0.396 e. The van der Waals surface area contributed by atoms with Crippen LogP contribution in [0.5, 0.6) is 0 Å². The van der Waals surface area contributed by atoms with Gasteiger partial charge >= 0.3 is 0 Å². The zero-order chi connectivity index (χ0) is 29.6. The normalized spacial score (nSPS) is 15.0. The first-order valence-electron chi connectivity index (χ1n) is 14.9. The summed E-state index contributed by atoms with van der Waals surface area (Å²) in [6, 6.07) is 28.0. The molecule has 43 heavy (non-hydrogen) atoms. The van der Waals surface area contributed by atoms with Gasteiger partial charge in [0.15, 0.2) is 0 Å². The van der Waals surface area contributed by atoms with Crippen LogP contribution in [-0.2, 0) is 0 Å². The highest BCUT2D eigenvalue weighted by Gasteiger charge is 2.18. The minimum atomic E-state index is 0.261. The van der Waals surface area contributed by atoms with E-state index in [9.17, 15) is 0 Å². The molecule has 1 saturated heterocycles. The van der Waals surface area contributed by atoms with Gasteiger partial charge in [-0.05, 0) is 92.2 Å². The quantitative estimate of drug-likeness (QED) is 0.139. The van der Waals surface area contributed by atoms with Crippen LogP contribution in [0.15, 0.2) is 89.9 Å². The first-order chi connectivity index (χ1) is 21.1. The maximum atomic E-state index is 9.12. The molecule has 0 bridgehead atoms. The van der Waals surface area contributed by atoms with E-state index in [2.05, 4.69) is 37.9 Å². The van der Waals surface area contributed by atoms with Gasteiger partial charge in [0, 0.05) is 67.3 Å². The second-order valence-corrected chi connectivity index (χ2v) is 11.8. The fourth-order valence-electron chi connectivity index (χ4n) is 5.65. The van der Waals surface area contributed by atoms with Crippen LogP contribution in [0.4, 0.5) is 11.4 Å². The zero-order valence-electron chi connectivity index (χ0n) is 24.1. The summed E-state index contributed by atoms with van der Waals surface area (Å²) < 4.78 is 2.23. The molecule has 7 nitrogen and oxygen atoms in total. The van der Waals surface area contributed by atoms with E-state index in [1.165, 1.54) is 0 Å². The van der Waals surface area contributed by atoms with E-state index in [0.29, 0.717) is 16.6 Å². The van der Waals surface area contributed by atoms with E-state index >= 15 is 0 Å². The number of anilines is 2. The summed E-state index contributed by atoms with van der Waals surface area (Å²) in [4.78, 5) is 15.1. The van der Waals surface area contributed by atoms with Crippen LogP contribution in [-0.4, -0.2) is 76.9 Å². The number of nitrogens with one attached hydrogen (secondary N) is 1. The van der Waals surface area contributed by atoms with Gasteiger partial charge in [-0.25, -0.2) is 4.98 Å². The number of fused-ring (bicyclic) bond motifs is 2. The molecule has 2 aliphatic heterocycles. The third kappa shape index (κ3) is 7.20. The van der Waals surface area contributed by atoms with E-state index < -0.39 is 0 Å². The lowest BCUT2D eigenvalue weighted by molar-refractivity contribution is 0.124. The first-order valence-corrected chi connectivity index (χ1v) is 15.6. The number of rotatable bonds is 10. The lowest BCUT2D eigenvalue weighted by Crippen LogP contribution is -2.46. The van der Waals surface area contributed by atoms with Crippen molar-refractivity contribution in [2.45, 2.75) is 12.8 Å². The highest BCUT2D eigenvalue weighted by molar-refractivity contribution is 6.30. The first kappa shape index (κ1) is 29.6. The highest BCUT2D eigenvalue weighted by atomic mass is 35.5. The molecule has 0 unspecified atom stereocenters. The van der Waals surface area contributed by atoms with E-state index in [1.54, 1.807) is 0 Å². The lowest BCUT2D eigenvalue weighted by atomic mass is 10.1. The summed E-state index contributed by atoms with van der Waals surface area (Å²) >= 11 is 12.4. The van der Waals surface area contributed by atoms with Crippen LogP contribution < -0.4 is 10.7 Å². The number of nitrogens with zero attached hydrogens (tertiary/aromatic N) is 5. The Kier molecular flexibility index (Phi) is 9.56. The second-order valence-electron chi connectivity index (χ2n) is 10.9. The van der Waals surface area contributed by atoms with Crippen molar-refractivity contribution in [3.8, 4) is 17.1 Å². The molecule has 9 heteroatoms. The monoisotopic (exact) mass is 614 g/mol. The predicted octanol–water partition coefficient (Wildman–Crippen LogP) is 6.47. The van der Waals surface area contributed by atoms with Crippen molar-refractivity contribution in [1.29, 1.82) is 0 Å². The van der Waals surface area contributed by atoms with Crippen LogP contribution in [0.1, 0.15) is 12.8 Å². The van der Waals surface area contributed by atoms with Gasteiger partial charge in [0.1, 0.15) is 0 Å². The Hall–Kier alpha value is -3.46. The van der Waals surface area contributed by atoms with E-state index in [4.69, 9.17) is 38.3 Å². The Morgan fingerprint density at radius 3 is 2.14 bits per heavy atom. The SMILES string of the molecule is OCCCN1CCN(CCCN=c2cc3n(-c4ccc(Cl)cc4)c4ccccc4nc-3cc2Nc2ccc(Cl)cc2)CC1. The van der Waals surface area contributed by atoms with Crippen LogP contribution in [0.3, 0.4) is 0 Å². The van der Waals surface area contributed by atoms with Crippen molar-refractivity contribution in [3.63, 3.8) is 0 Å². The molecule has 3 aromatic rings. The van der Waals surface area contributed by atoms with Crippen LogP contribution >= 0.6 is 23.2 Å². The van der Waals surface area contributed by atoms with Crippen LogP contribution in [0.2, 0.25) is 10.0 Å². The van der Waals surface area contributed by atoms with Gasteiger partial charge in [-0.3, -0.25) is 4.99 Å². The minimum absolute atomic E-state index is 0.261. The molecule has 0 amide bonds. The van der Waals surface area contributed by atoms with Gasteiger partial charge in [0.05, 0.1) is 33.5 Å². The number of para-hydroxylation sites is 2. The van der Waals surface area contributed by atoms with Gasteiger partial charge in [0.25, 0.3) is 0 Å². The molecule has 2 N–H and O–H groups in total. The van der Waals surface area contributed by atoms with Gasteiger partial charge in [-0.1, -0.05) is 35.3 Å². The number of aliphatic hydroxyl groups is 1. The summed E-state index contributed by atoms with van der Waals surface area (Å²) in [5.74, 6) is 0. The molecule has 0 atom stereocenters. The molecule has 0 radical (unpaired) electrons. The standard InChI is InChI=1S/C34H36Cl2N6O/c35-25-7-11-27(12-8-25)38-31-23-32-34(24-30(31)37-15-3-16-40-18-20-41(21-19-40)17-4-22-43)42(28-13-9-26(36)10-14-28)33-6-2-1-5-29(33)39-32/h1-2,5-14,23-24,38,43H,3-4,15-22H2. The summed E-state index contributed by atoms with van der Waals surface area (Å²) in [7, 11) is 0. The van der Waals surface area contributed by atoms with Crippen molar-refractivity contribution in [2.24, 2.45) is 4.99 Å². The summed E-state index contributed by atoms with van der Waals surface area (Å²) in [6.07, 6.45) is 1.82. The third-order valence-corrected chi connectivity index (χ3v) is 8.42. The number of aliphatic hydroxyl groups excluding tert-OH is 1. The molecular weight excluding hydrogens is 579 g/mol. The van der Waals surface area contributed by atoms with Crippen molar-refractivity contribution in [2.75, 3.05) is 57.7 Å². The number of hydrogen-bond acceptors (Lipinski definition) is 6. The van der Waals surface area contributed by atoms with Gasteiger partial charge in [-0.15, -0.1) is 0 Å². The van der Waals surface area contributed by atoms with Gasteiger partial charge in [0.2, 0.25) is 0 Å². The average Bonchev–Trinajstić information content (AvgIpc) is 3.03. The Morgan fingerprint density at radius 2 is 1.44 bits per heavy atom. The fraction of sp³-hybridized carbons (Fsp3) is 0.294. The lowest BCUT2D eigenvalue weighted by Gasteiger charge is -2.34. The van der Waals surface area contributed by atoms with Crippen molar-refractivity contribution >= 4 is 45.6 Å². The molecule has 222 valence electrons. The molecule has 6 rings (SSSR count). The molecule has 0 spiro atoms. The topological polar surface area (TPSA) is 68.9 Å². The molecule has 1 fully saturated rings. The summed E-state index contributed by atoms with van der Waals surface area (Å²) in [6.45, 7) is 7.21. The Bertz CT molecular complexity index is 1700. The molecule has 1 aliphatic carbocycles. The van der Waals surface area contributed by atoms with Gasteiger partial charge < -0.3 is 24.8 Å². The molecule has 0 aromatic heterocycles. The number of halogens is 2. The smallest absolute Gasteiger partial charge is 0.0900 e. The zero-order valence-corrected chi connectivity index (χ0v) is 25.6. The average molecular weight is 616 g/mol. The number of benzene rings is 4. The number of piperazine rings is 1. The van der Waals surface area contributed by atoms with Crippen molar-refractivity contribution < 1.29 is 5.11 Å². The molecule has 3 aromatic carbocycles. The van der Waals surface area contributed by atoms with E-state index in [0.717, 1.165) is 97.0 Å². The Morgan fingerprint density at radius 1 is 0.791 bits per heavy atom. The van der Waals surface area contributed by atoms with E-state index in [-0.39, 0.29) is 6.61 Å². The maximum absolute atomic E-state index is 9.12. The minimum Gasteiger partial charge on any atom is -0.396 e. The van der Waals surface area contributed by atoms with Crippen molar-refractivity contribution in [1.82, 2.24) is 19.4 Å². The molecular formula is C34H36Cl2N6O. The molecule has 2 heterocycles. The predicted molar refractivity (Wildman–Crippen MR) is 177 cm³/mol. The molecule has 3 aliphatic rings. The Balaban J connectivity index is 1.34. The van der Waals surface area contributed by atoms with Crippen LogP contribution in [0, 0.1) is 0 Å². The third-order valence-electron chi connectivity index (χ3n) is 7.92. The molecule has 0 saturated carbocycles. The maximum Gasteiger partial charge on any atom is 0.0900 e. The summed E-state index contributed by atoms with van der Waals surface area (Å²) in [5, 5.41) is 15.0. The second kappa shape index (κ2) is 13.9. The van der Waals surface area contributed by atoms with Gasteiger partial charge in [-0.2, -0.15) is 0 Å².